The summed E-state index contributed by atoms with van der Waals surface area (Å²) in [6.07, 6.45) is 8.87. The van der Waals surface area contributed by atoms with Crippen molar-refractivity contribution >= 4 is 7.69 Å². The van der Waals surface area contributed by atoms with E-state index < -0.39 is 0 Å². The second kappa shape index (κ2) is 14.5. The highest BCUT2D eigenvalue weighted by Gasteiger charge is 2.19. The molecule has 0 saturated heterocycles. The van der Waals surface area contributed by atoms with E-state index in [-0.39, 0.29) is 0 Å². The first-order valence-electron chi connectivity index (χ1n) is 11.8. The third kappa shape index (κ3) is 7.69. The zero-order valence-electron chi connectivity index (χ0n) is 21.0. The molecule has 0 aromatic heterocycles. The molecule has 2 rings (SSSR count). The first kappa shape index (κ1) is 26.6. The normalized spacial score (nSPS) is 10.5. The molecular weight excluding hydrogens is 419 g/mol. The zero-order chi connectivity index (χ0) is 24.1. The van der Waals surface area contributed by atoms with Crippen LogP contribution in [0.15, 0.2) is 24.3 Å². The molecule has 2 aromatic carbocycles. The molecule has 0 aliphatic rings. The van der Waals surface area contributed by atoms with E-state index in [9.17, 15) is 0 Å². The van der Waals surface area contributed by atoms with E-state index in [0.717, 1.165) is 36.8 Å². The second-order valence-corrected chi connectivity index (χ2v) is 7.91. The Morgan fingerprint density at radius 2 is 0.879 bits per heavy atom. The fraction of sp³-hybridized carbons (Fsp3) is 0.538. The van der Waals surface area contributed by atoms with Gasteiger partial charge in [-0.2, -0.15) is 0 Å². The van der Waals surface area contributed by atoms with Gasteiger partial charge in [0.25, 0.3) is 0 Å². The number of aryl methyl sites for hydroxylation is 2. The lowest BCUT2D eigenvalue weighted by atomic mass is 10.1. The van der Waals surface area contributed by atoms with Crippen LogP contribution in [-0.2, 0) is 12.8 Å². The Balaban J connectivity index is 2.16. The van der Waals surface area contributed by atoms with Crippen LogP contribution in [0.1, 0.15) is 63.5 Å². The van der Waals surface area contributed by atoms with Crippen LogP contribution in [0.5, 0.6) is 34.5 Å². The van der Waals surface area contributed by atoms with Crippen LogP contribution in [0.4, 0.5) is 0 Å². The Morgan fingerprint density at radius 3 is 1.15 bits per heavy atom. The van der Waals surface area contributed by atoms with E-state index in [1.165, 1.54) is 33.4 Å². The van der Waals surface area contributed by atoms with Crippen LogP contribution >= 0.6 is 0 Å². The highest BCUT2D eigenvalue weighted by Crippen LogP contribution is 2.41. The zero-order valence-corrected chi connectivity index (χ0v) is 21.0. The molecular formula is C26H38BO6. The third-order valence-corrected chi connectivity index (χ3v) is 5.51. The van der Waals surface area contributed by atoms with E-state index in [4.69, 9.17) is 28.3 Å². The molecule has 33 heavy (non-hydrogen) atoms. The molecule has 7 heteroatoms. The van der Waals surface area contributed by atoms with Crippen molar-refractivity contribution in [3.05, 3.63) is 35.4 Å². The largest absolute Gasteiger partial charge is 0.658 e. The summed E-state index contributed by atoms with van der Waals surface area (Å²) >= 11 is 0. The summed E-state index contributed by atoms with van der Waals surface area (Å²) in [6, 6.07) is 7.92. The Morgan fingerprint density at radius 1 is 0.545 bits per heavy atom. The number of hydrogen-bond acceptors (Lipinski definition) is 6. The average molecular weight is 457 g/mol. The molecule has 0 fully saturated rings. The molecule has 0 spiro atoms. The minimum atomic E-state index is 0.452. The van der Waals surface area contributed by atoms with Gasteiger partial charge in [-0.05, 0) is 61.1 Å². The van der Waals surface area contributed by atoms with Crippen LogP contribution in [0.25, 0.3) is 0 Å². The number of ether oxygens (including phenoxy) is 4. The van der Waals surface area contributed by atoms with Crippen LogP contribution in [0.2, 0.25) is 0 Å². The number of benzene rings is 2. The van der Waals surface area contributed by atoms with E-state index in [1.807, 2.05) is 24.3 Å². The van der Waals surface area contributed by atoms with Crippen molar-refractivity contribution in [2.45, 2.75) is 65.2 Å². The number of hydrogen-bond donors (Lipinski definition) is 0. The van der Waals surface area contributed by atoms with Crippen LogP contribution < -0.4 is 28.3 Å². The Bertz CT molecular complexity index is 735. The van der Waals surface area contributed by atoms with E-state index >= 15 is 0 Å². The number of methoxy groups -OCH3 is 4. The molecule has 0 aliphatic carbocycles. The smallest absolute Gasteiger partial charge is 0.521 e. The summed E-state index contributed by atoms with van der Waals surface area (Å²) in [5.74, 6) is 3.26. The van der Waals surface area contributed by atoms with E-state index in [2.05, 4.69) is 13.8 Å². The van der Waals surface area contributed by atoms with Crippen molar-refractivity contribution in [3.8, 4) is 34.5 Å². The summed E-state index contributed by atoms with van der Waals surface area (Å²) in [4.78, 5) is 0. The summed E-state index contributed by atoms with van der Waals surface area (Å²) in [5, 5.41) is 0. The van der Waals surface area contributed by atoms with Gasteiger partial charge in [-0.25, -0.2) is 0 Å². The van der Waals surface area contributed by atoms with Gasteiger partial charge in [-0.3, -0.25) is 0 Å². The highest BCUT2D eigenvalue weighted by atomic mass is 16.6. The molecule has 0 amide bonds. The fourth-order valence-electron chi connectivity index (χ4n) is 3.67. The predicted molar refractivity (Wildman–Crippen MR) is 133 cm³/mol. The lowest BCUT2D eigenvalue weighted by molar-refractivity contribution is 0.336. The summed E-state index contributed by atoms with van der Waals surface area (Å²) in [7, 11) is 7.70. The van der Waals surface area contributed by atoms with Crippen molar-refractivity contribution in [3.63, 3.8) is 0 Å². The van der Waals surface area contributed by atoms with Crippen molar-refractivity contribution in [2.24, 2.45) is 0 Å². The minimum absolute atomic E-state index is 0.452. The van der Waals surface area contributed by atoms with E-state index in [0.29, 0.717) is 34.5 Å². The Hall–Kier alpha value is -2.70. The Labute approximate surface area is 199 Å². The van der Waals surface area contributed by atoms with Gasteiger partial charge in [0.1, 0.15) is 0 Å². The molecule has 0 unspecified atom stereocenters. The molecule has 6 nitrogen and oxygen atoms in total. The standard InChI is InChI=1S/C26H38BO6/c1-7-9-11-13-19-15-21(28-3)25(22(16-19)29-4)32-27-33-26-23(30-5)17-20(14-12-10-8-2)18-24(26)31-6/h15-18H,7-14H2,1-6H3. The fourth-order valence-corrected chi connectivity index (χ4v) is 3.67. The molecule has 0 saturated carbocycles. The van der Waals surface area contributed by atoms with Crippen LogP contribution in [0, 0.1) is 0 Å². The maximum atomic E-state index is 5.83. The van der Waals surface area contributed by atoms with Gasteiger partial charge in [-0.1, -0.05) is 39.5 Å². The molecule has 0 heterocycles. The van der Waals surface area contributed by atoms with Gasteiger partial charge >= 0.3 is 7.69 Å². The molecule has 0 atom stereocenters. The van der Waals surface area contributed by atoms with Gasteiger partial charge in [0.15, 0.2) is 34.5 Å². The quantitative estimate of drug-likeness (QED) is 0.222. The maximum absolute atomic E-state index is 5.83. The second-order valence-electron chi connectivity index (χ2n) is 7.91. The van der Waals surface area contributed by atoms with Crippen molar-refractivity contribution in [2.75, 3.05) is 28.4 Å². The highest BCUT2D eigenvalue weighted by molar-refractivity contribution is 6.21. The summed E-state index contributed by atoms with van der Waals surface area (Å²) in [5.41, 5.74) is 2.29. The summed E-state index contributed by atoms with van der Waals surface area (Å²) in [6.45, 7) is 4.38. The first-order chi connectivity index (χ1) is 16.1. The predicted octanol–water partition coefficient (Wildman–Crippen LogP) is 6.18. The van der Waals surface area contributed by atoms with E-state index in [1.54, 1.807) is 28.4 Å². The van der Waals surface area contributed by atoms with Gasteiger partial charge in [0.2, 0.25) is 0 Å². The molecule has 2 aromatic rings. The minimum Gasteiger partial charge on any atom is -0.521 e. The average Bonchev–Trinajstić information content (AvgIpc) is 2.84. The van der Waals surface area contributed by atoms with Crippen LogP contribution in [-0.4, -0.2) is 36.1 Å². The lowest BCUT2D eigenvalue weighted by Gasteiger charge is -2.18. The third-order valence-electron chi connectivity index (χ3n) is 5.51. The molecule has 0 bridgehead atoms. The van der Waals surface area contributed by atoms with Crippen molar-refractivity contribution in [1.29, 1.82) is 0 Å². The monoisotopic (exact) mass is 457 g/mol. The number of rotatable bonds is 16. The SMILES string of the molecule is CCCCCc1cc(OC)c(O[B]Oc2c(OC)cc(CCCCC)cc2OC)c(OC)c1. The maximum Gasteiger partial charge on any atom is 0.658 e. The molecule has 0 N–H and O–H groups in total. The topological polar surface area (TPSA) is 55.4 Å². The Kier molecular flexibility index (Phi) is 11.6. The number of unbranched alkanes of at least 4 members (excludes halogenated alkanes) is 4. The molecule has 181 valence electrons. The van der Waals surface area contributed by atoms with Gasteiger partial charge < -0.3 is 28.3 Å². The van der Waals surface area contributed by atoms with Gasteiger partial charge in [0, 0.05) is 0 Å². The summed E-state index contributed by atoms with van der Waals surface area (Å²) < 4.78 is 33.9. The van der Waals surface area contributed by atoms with Crippen molar-refractivity contribution < 1.29 is 28.3 Å². The van der Waals surface area contributed by atoms with Gasteiger partial charge in [0.05, 0.1) is 28.4 Å². The molecule has 0 aliphatic heterocycles. The van der Waals surface area contributed by atoms with Crippen LogP contribution in [0.3, 0.4) is 0 Å². The first-order valence-corrected chi connectivity index (χ1v) is 11.8. The lowest BCUT2D eigenvalue weighted by Crippen LogP contribution is -2.14. The van der Waals surface area contributed by atoms with Crippen molar-refractivity contribution in [1.82, 2.24) is 0 Å². The van der Waals surface area contributed by atoms with Gasteiger partial charge in [-0.15, -0.1) is 0 Å². The molecule has 1 radical (unpaired) electrons.